The summed E-state index contributed by atoms with van der Waals surface area (Å²) < 4.78 is 0. The Morgan fingerprint density at radius 3 is 2.90 bits per heavy atom. The van der Waals surface area contributed by atoms with E-state index < -0.39 is 0 Å². The lowest BCUT2D eigenvalue weighted by Crippen LogP contribution is -2.21. The Morgan fingerprint density at radius 2 is 2.19 bits per heavy atom. The van der Waals surface area contributed by atoms with Gasteiger partial charge in [0.05, 0.1) is 4.92 Å². The van der Waals surface area contributed by atoms with Gasteiger partial charge in [-0.1, -0.05) is 38.3 Å². The summed E-state index contributed by atoms with van der Waals surface area (Å²) in [4.78, 5) is 10.6. The highest BCUT2D eigenvalue weighted by molar-refractivity contribution is 5.44. The van der Waals surface area contributed by atoms with Gasteiger partial charge in [0, 0.05) is 18.2 Å². The third-order valence-electron chi connectivity index (χ3n) is 4.70. The second kappa shape index (κ2) is 7.55. The number of nitro groups is 1. The molecule has 2 atom stereocenters. The monoisotopic (exact) mass is 290 g/mol. The standard InChI is InChI=1S/C17H26N2O2/c1-13-5-3-6-15(11-13)9-10-18-12-16-7-4-8-17(14(16)2)19(20)21/h4,7-8,13,15,18H,3,5-6,9-12H2,1-2H3. The molecule has 0 heterocycles. The number of nitrogens with zero attached hydrogens (tertiary/aromatic N) is 1. The minimum absolute atomic E-state index is 0.218. The van der Waals surface area contributed by atoms with Gasteiger partial charge in [0.15, 0.2) is 0 Å². The third-order valence-corrected chi connectivity index (χ3v) is 4.70. The van der Waals surface area contributed by atoms with E-state index >= 15 is 0 Å². The summed E-state index contributed by atoms with van der Waals surface area (Å²) >= 11 is 0. The Hall–Kier alpha value is -1.42. The minimum atomic E-state index is -0.303. The first-order chi connectivity index (χ1) is 10.1. The molecule has 0 bridgehead atoms. The topological polar surface area (TPSA) is 55.2 Å². The predicted octanol–water partition coefficient (Wildman–Crippen LogP) is 4.21. The molecule has 1 aromatic carbocycles. The van der Waals surface area contributed by atoms with Gasteiger partial charge in [-0.25, -0.2) is 0 Å². The smallest absolute Gasteiger partial charge is 0.272 e. The molecule has 1 aliphatic rings. The molecule has 1 fully saturated rings. The van der Waals surface area contributed by atoms with E-state index in [1.165, 1.54) is 32.1 Å². The fourth-order valence-electron chi connectivity index (χ4n) is 3.41. The van der Waals surface area contributed by atoms with Crippen molar-refractivity contribution in [3.05, 3.63) is 39.4 Å². The van der Waals surface area contributed by atoms with E-state index in [0.717, 1.165) is 36.1 Å². The van der Waals surface area contributed by atoms with Gasteiger partial charge in [-0.05, 0) is 43.7 Å². The van der Waals surface area contributed by atoms with Gasteiger partial charge < -0.3 is 5.32 Å². The zero-order valence-electron chi connectivity index (χ0n) is 13.1. The van der Waals surface area contributed by atoms with Crippen molar-refractivity contribution in [2.45, 2.75) is 52.5 Å². The van der Waals surface area contributed by atoms with Crippen LogP contribution in [-0.2, 0) is 6.54 Å². The fourth-order valence-corrected chi connectivity index (χ4v) is 3.41. The molecule has 2 rings (SSSR count). The summed E-state index contributed by atoms with van der Waals surface area (Å²) in [7, 11) is 0. The highest BCUT2D eigenvalue weighted by Crippen LogP contribution is 2.30. The molecule has 0 aliphatic heterocycles. The summed E-state index contributed by atoms with van der Waals surface area (Å²) in [5.74, 6) is 1.73. The van der Waals surface area contributed by atoms with Crippen LogP contribution >= 0.6 is 0 Å². The molecule has 0 radical (unpaired) electrons. The average Bonchev–Trinajstić information content (AvgIpc) is 2.45. The molecule has 0 amide bonds. The van der Waals surface area contributed by atoms with Crippen LogP contribution in [-0.4, -0.2) is 11.5 Å². The molecule has 2 unspecified atom stereocenters. The molecule has 4 nitrogen and oxygen atoms in total. The third kappa shape index (κ3) is 4.53. The van der Waals surface area contributed by atoms with Gasteiger partial charge in [0.2, 0.25) is 0 Å². The second-order valence-corrected chi connectivity index (χ2v) is 6.42. The summed E-state index contributed by atoms with van der Waals surface area (Å²) in [5.41, 5.74) is 2.03. The molecule has 4 heteroatoms. The number of hydrogen-bond donors (Lipinski definition) is 1. The first-order valence-corrected chi connectivity index (χ1v) is 8.01. The number of nitro benzene ring substituents is 1. The molecular weight excluding hydrogens is 264 g/mol. The first-order valence-electron chi connectivity index (χ1n) is 8.01. The molecule has 1 saturated carbocycles. The zero-order valence-corrected chi connectivity index (χ0v) is 13.1. The van der Waals surface area contributed by atoms with Gasteiger partial charge in [0.1, 0.15) is 0 Å². The van der Waals surface area contributed by atoms with Crippen LogP contribution in [0.5, 0.6) is 0 Å². The van der Waals surface area contributed by atoms with Crippen LogP contribution in [0, 0.1) is 28.9 Å². The van der Waals surface area contributed by atoms with Crippen molar-refractivity contribution >= 4 is 5.69 Å². The summed E-state index contributed by atoms with van der Waals surface area (Å²) in [6.45, 7) is 5.90. The Kier molecular flexibility index (Phi) is 5.74. The molecule has 1 N–H and O–H groups in total. The number of rotatable bonds is 6. The lowest BCUT2D eigenvalue weighted by atomic mass is 9.81. The lowest BCUT2D eigenvalue weighted by Gasteiger charge is -2.26. The van der Waals surface area contributed by atoms with Crippen LogP contribution in [0.1, 0.15) is 50.2 Å². The molecule has 1 aliphatic carbocycles. The van der Waals surface area contributed by atoms with Crippen LogP contribution in [0.25, 0.3) is 0 Å². The van der Waals surface area contributed by atoms with Crippen LogP contribution in [0.3, 0.4) is 0 Å². The van der Waals surface area contributed by atoms with Gasteiger partial charge in [-0.15, -0.1) is 0 Å². The molecule has 116 valence electrons. The van der Waals surface area contributed by atoms with E-state index in [2.05, 4.69) is 12.2 Å². The van der Waals surface area contributed by atoms with E-state index in [-0.39, 0.29) is 10.6 Å². The number of nitrogens with one attached hydrogen (secondary N) is 1. The van der Waals surface area contributed by atoms with Crippen molar-refractivity contribution in [3.63, 3.8) is 0 Å². The zero-order chi connectivity index (χ0) is 15.2. The van der Waals surface area contributed by atoms with E-state index in [9.17, 15) is 10.1 Å². The van der Waals surface area contributed by atoms with Crippen molar-refractivity contribution in [3.8, 4) is 0 Å². The van der Waals surface area contributed by atoms with Crippen LogP contribution in [0.15, 0.2) is 18.2 Å². The van der Waals surface area contributed by atoms with Crippen LogP contribution in [0.2, 0.25) is 0 Å². The average molecular weight is 290 g/mol. The Balaban J connectivity index is 1.78. The van der Waals surface area contributed by atoms with Crippen LogP contribution in [0.4, 0.5) is 5.69 Å². The van der Waals surface area contributed by atoms with E-state index in [4.69, 9.17) is 0 Å². The van der Waals surface area contributed by atoms with Crippen molar-refractivity contribution in [1.82, 2.24) is 5.32 Å². The van der Waals surface area contributed by atoms with Crippen molar-refractivity contribution in [2.24, 2.45) is 11.8 Å². The normalized spacial score (nSPS) is 22.2. The summed E-state index contributed by atoms with van der Waals surface area (Å²) in [6.07, 6.45) is 6.70. The quantitative estimate of drug-likeness (QED) is 0.485. The van der Waals surface area contributed by atoms with Crippen molar-refractivity contribution < 1.29 is 4.92 Å². The minimum Gasteiger partial charge on any atom is -0.313 e. The highest BCUT2D eigenvalue weighted by Gasteiger charge is 2.18. The maximum atomic E-state index is 10.9. The maximum Gasteiger partial charge on any atom is 0.272 e. The van der Waals surface area contributed by atoms with E-state index in [1.54, 1.807) is 12.1 Å². The highest BCUT2D eigenvalue weighted by atomic mass is 16.6. The maximum absolute atomic E-state index is 10.9. The number of hydrogen-bond acceptors (Lipinski definition) is 3. The molecule has 21 heavy (non-hydrogen) atoms. The van der Waals surface area contributed by atoms with Gasteiger partial charge in [-0.2, -0.15) is 0 Å². The summed E-state index contributed by atoms with van der Waals surface area (Å²) in [6, 6.07) is 5.31. The Morgan fingerprint density at radius 1 is 1.38 bits per heavy atom. The largest absolute Gasteiger partial charge is 0.313 e. The molecule has 1 aromatic rings. The Bertz CT molecular complexity index is 488. The Labute approximate surface area is 127 Å². The van der Waals surface area contributed by atoms with E-state index in [1.807, 2.05) is 13.0 Å². The van der Waals surface area contributed by atoms with Gasteiger partial charge in [-0.3, -0.25) is 10.1 Å². The van der Waals surface area contributed by atoms with Crippen molar-refractivity contribution in [2.75, 3.05) is 6.54 Å². The fraction of sp³-hybridized carbons (Fsp3) is 0.647. The second-order valence-electron chi connectivity index (χ2n) is 6.42. The van der Waals surface area contributed by atoms with Crippen LogP contribution < -0.4 is 5.32 Å². The number of benzene rings is 1. The molecule has 0 saturated heterocycles. The first kappa shape index (κ1) is 16.0. The van der Waals surface area contributed by atoms with Gasteiger partial charge >= 0.3 is 0 Å². The molecule has 0 aromatic heterocycles. The predicted molar refractivity (Wildman–Crippen MR) is 85.3 cm³/mol. The van der Waals surface area contributed by atoms with E-state index in [0.29, 0.717) is 0 Å². The molecule has 0 spiro atoms. The molecular formula is C17H26N2O2. The van der Waals surface area contributed by atoms with Crippen molar-refractivity contribution in [1.29, 1.82) is 0 Å². The lowest BCUT2D eigenvalue weighted by molar-refractivity contribution is -0.385. The summed E-state index contributed by atoms with van der Waals surface area (Å²) in [5, 5.41) is 14.4. The van der Waals surface area contributed by atoms with Gasteiger partial charge in [0.25, 0.3) is 5.69 Å². The SMILES string of the molecule is Cc1c(CNCCC2CCCC(C)C2)cccc1[N+](=O)[O-].